The van der Waals surface area contributed by atoms with Crippen LogP contribution < -0.4 is 5.32 Å². The van der Waals surface area contributed by atoms with Crippen LogP contribution in [-0.4, -0.2) is 23.3 Å². The number of rotatable bonds is 5. The Labute approximate surface area is 162 Å². The van der Waals surface area contributed by atoms with Crippen molar-refractivity contribution in [1.29, 1.82) is 0 Å². The van der Waals surface area contributed by atoms with Gasteiger partial charge in [0.2, 0.25) is 0 Å². The van der Waals surface area contributed by atoms with E-state index in [1.807, 2.05) is 63.2 Å². The van der Waals surface area contributed by atoms with E-state index in [4.69, 9.17) is 0 Å². The summed E-state index contributed by atoms with van der Waals surface area (Å²) in [5.41, 5.74) is 4.54. The van der Waals surface area contributed by atoms with E-state index in [1.165, 1.54) is 4.90 Å². The van der Waals surface area contributed by atoms with Gasteiger partial charge in [-0.3, -0.25) is 14.5 Å². The second-order valence-electron chi connectivity index (χ2n) is 6.45. The van der Waals surface area contributed by atoms with Crippen molar-refractivity contribution in [2.24, 2.45) is 0 Å². The molecule has 1 N–H and O–H groups in total. The third-order valence-electron chi connectivity index (χ3n) is 4.50. The predicted molar refractivity (Wildman–Crippen MR) is 108 cm³/mol. The van der Waals surface area contributed by atoms with Gasteiger partial charge in [-0.05, 0) is 55.2 Å². The number of hydrogen-bond donors (Lipinski definition) is 1. The van der Waals surface area contributed by atoms with Crippen molar-refractivity contribution in [3.63, 3.8) is 0 Å². The summed E-state index contributed by atoms with van der Waals surface area (Å²) >= 11 is 3.43. The molecule has 26 heavy (non-hydrogen) atoms. The maximum absolute atomic E-state index is 13.0. The van der Waals surface area contributed by atoms with Gasteiger partial charge in [0.15, 0.2) is 0 Å². The van der Waals surface area contributed by atoms with Crippen LogP contribution in [0.1, 0.15) is 30.0 Å². The molecule has 1 aliphatic rings. The lowest BCUT2D eigenvalue weighted by Crippen LogP contribution is -2.33. The zero-order valence-electron chi connectivity index (χ0n) is 15.1. The Bertz CT molecular complexity index is 918. The number of carbonyl (C=O) groups excluding carboxylic acids is 2. The summed E-state index contributed by atoms with van der Waals surface area (Å²) in [6.07, 6.45) is 0.724. The quantitative estimate of drug-likeness (QED) is 0.725. The summed E-state index contributed by atoms with van der Waals surface area (Å²) in [6.45, 7) is 6.40. The molecule has 3 rings (SSSR count). The van der Waals surface area contributed by atoms with E-state index in [2.05, 4.69) is 21.2 Å². The molecule has 0 fully saturated rings. The number of amides is 2. The first-order valence-corrected chi connectivity index (χ1v) is 9.42. The van der Waals surface area contributed by atoms with Gasteiger partial charge < -0.3 is 5.32 Å². The van der Waals surface area contributed by atoms with Crippen molar-refractivity contribution >= 4 is 39.0 Å². The zero-order valence-corrected chi connectivity index (χ0v) is 16.7. The molecule has 5 heteroatoms. The second-order valence-corrected chi connectivity index (χ2v) is 7.36. The molecule has 2 aromatic rings. The number of carbonyl (C=O) groups is 2. The first kappa shape index (κ1) is 18.4. The van der Waals surface area contributed by atoms with E-state index in [0.717, 1.165) is 33.3 Å². The number of nitrogens with one attached hydrogen (secondary N) is 1. The van der Waals surface area contributed by atoms with Crippen molar-refractivity contribution in [3.05, 3.63) is 69.3 Å². The van der Waals surface area contributed by atoms with Gasteiger partial charge >= 0.3 is 0 Å². The minimum absolute atomic E-state index is 0.238. The van der Waals surface area contributed by atoms with Crippen LogP contribution in [0.4, 0.5) is 5.69 Å². The van der Waals surface area contributed by atoms with Crippen LogP contribution >= 0.6 is 15.9 Å². The Morgan fingerprint density at radius 3 is 2.42 bits per heavy atom. The number of anilines is 1. The van der Waals surface area contributed by atoms with Crippen LogP contribution in [0, 0.1) is 13.8 Å². The lowest BCUT2D eigenvalue weighted by molar-refractivity contribution is -0.136. The summed E-state index contributed by atoms with van der Waals surface area (Å²) in [6, 6.07) is 13.4. The maximum Gasteiger partial charge on any atom is 0.278 e. The Morgan fingerprint density at radius 1 is 1.00 bits per heavy atom. The summed E-state index contributed by atoms with van der Waals surface area (Å²) in [5, 5.41) is 3.17. The highest BCUT2D eigenvalue weighted by atomic mass is 79.9. The topological polar surface area (TPSA) is 49.4 Å². The van der Waals surface area contributed by atoms with E-state index in [9.17, 15) is 9.59 Å². The van der Waals surface area contributed by atoms with Crippen molar-refractivity contribution in [2.45, 2.75) is 27.2 Å². The minimum atomic E-state index is -0.273. The molecule has 0 aromatic heterocycles. The number of aryl methyl sites for hydroxylation is 2. The molecular weight excluding hydrogens is 392 g/mol. The Morgan fingerprint density at radius 2 is 1.77 bits per heavy atom. The highest BCUT2D eigenvalue weighted by Gasteiger charge is 2.38. The standard InChI is InChI=1S/C21H21BrN2O2/c1-4-10-24-20(25)18(15-9-8-13(2)14(3)11-15)19(21(24)26)23-17-7-5-6-16(22)12-17/h5-9,11-12,23H,4,10H2,1-3H3. The lowest BCUT2D eigenvalue weighted by atomic mass is 9.99. The average molecular weight is 413 g/mol. The molecule has 0 bridgehead atoms. The van der Waals surface area contributed by atoms with Gasteiger partial charge in [-0.25, -0.2) is 0 Å². The fraction of sp³-hybridized carbons (Fsp3) is 0.238. The van der Waals surface area contributed by atoms with Gasteiger partial charge in [-0.2, -0.15) is 0 Å². The Hall–Kier alpha value is -2.40. The van der Waals surface area contributed by atoms with Crippen LogP contribution in [0.3, 0.4) is 0 Å². The molecule has 1 aliphatic heterocycles. The zero-order chi connectivity index (χ0) is 18.8. The van der Waals surface area contributed by atoms with Crippen LogP contribution in [0.5, 0.6) is 0 Å². The third-order valence-corrected chi connectivity index (χ3v) is 5.00. The predicted octanol–water partition coefficient (Wildman–Crippen LogP) is 4.67. The van der Waals surface area contributed by atoms with Crippen LogP contribution in [-0.2, 0) is 9.59 Å². The van der Waals surface area contributed by atoms with Crippen molar-refractivity contribution in [3.8, 4) is 0 Å². The van der Waals surface area contributed by atoms with Crippen LogP contribution in [0.25, 0.3) is 5.57 Å². The van der Waals surface area contributed by atoms with Crippen molar-refractivity contribution in [2.75, 3.05) is 11.9 Å². The monoisotopic (exact) mass is 412 g/mol. The third kappa shape index (κ3) is 3.44. The lowest BCUT2D eigenvalue weighted by Gasteiger charge is -2.13. The molecule has 0 spiro atoms. The van der Waals surface area contributed by atoms with Gasteiger partial charge in [0, 0.05) is 16.7 Å². The molecule has 0 saturated heterocycles. The summed E-state index contributed by atoms with van der Waals surface area (Å²) < 4.78 is 0.901. The van der Waals surface area contributed by atoms with Gasteiger partial charge in [0.05, 0.1) is 5.57 Å². The first-order valence-electron chi connectivity index (χ1n) is 8.63. The minimum Gasteiger partial charge on any atom is -0.350 e. The SMILES string of the molecule is CCCN1C(=O)C(Nc2cccc(Br)c2)=C(c2ccc(C)c(C)c2)C1=O. The summed E-state index contributed by atoms with van der Waals surface area (Å²) in [5.74, 6) is -0.511. The van der Waals surface area contributed by atoms with Gasteiger partial charge in [-0.15, -0.1) is 0 Å². The maximum atomic E-state index is 13.0. The van der Waals surface area contributed by atoms with Crippen molar-refractivity contribution in [1.82, 2.24) is 4.90 Å². The fourth-order valence-electron chi connectivity index (χ4n) is 2.99. The van der Waals surface area contributed by atoms with E-state index in [0.29, 0.717) is 17.8 Å². The number of imide groups is 1. The van der Waals surface area contributed by atoms with E-state index in [1.54, 1.807) is 0 Å². The molecular formula is C21H21BrN2O2. The van der Waals surface area contributed by atoms with Crippen LogP contribution in [0.2, 0.25) is 0 Å². The van der Waals surface area contributed by atoms with Gasteiger partial charge in [0.1, 0.15) is 5.70 Å². The number of nitrogens with zero attached hydrogens (tertiary/aromatic N) is 1. The highest BCUT2D eigenvalue weighted by Crippen LogP contribution is 2.32. The van der Waals surface area contributed by atoms with Gasteiger partial charge in [0.25, 0.3) is 11.8 Å². The number of halogens is 1. The molecule has 0 saturated carbocycles. The Balaban J connectivity index is 2.10. The normalized spacial score (nSPS) is 14.4. The number of hydrogen-bond acceptors (Lipinski definition) is 3. The molecule has 0 unspecified atom stereocenters. The fourth-order valence-corrected chi connectivity index (χ4v) is 3.39. The molecule has 0 radical (unpaired) electrons. The molecule has 134 valence electrons. The van der Waals surface area contributed by atoms with E-state index in [-0.39, 0.29) is 11.8 Å². The number of benzene rings is 2. The second kappa shape index (κ2) is 7.46. The van der Waals surface area contributed by atoms with E-state index >= 15 is 0 Å². The molecule has 1 heterocycles. The van der Waals surface area contributed by atoms with Gasteiger partial charge in [-0.1, -0.05) is 47.1 Å². The van der Waals surface area contributed by atoms with Crippen molar-refractivity contribution < 1.29 is 9.59 Å². The van der Waals surface area contributed by atoms with E-state index < -0.39 is 0 Å². The average Bonchev–Trinajstić information content (AvgIpc) is 2.82. The Kier molecular flexibility index (Phi) is 5.28. The summed E-state index contributed by atoms with van der Waals surface area (Å²) in [4.78, 5) is 27.2. The molecule has 2 amide bonds. The largest absolute Gasteiger partial charge is 0.350 e. The first-order chi connectivity index (χ1) is 12.4. The highest BCUT2D eigenvalue weighted by molar-refractivity contribution is 9.10. The summed E-state index contributed by atoms with van der Waals surface area (Å²) in [7, 11) is 0. The molecule has 0 aliphatic carbocycles. The van der Waals surface area contributed by atoms with Crippen LogP contribution in [0.15, 0.2) is 52.6 Å². The smallest absolute Gasteiger partial charge is 0.278 e. The molecule has 2 aromatic carbocycles. The molecule has 0 atom stereocenters. The molecule has 4 nitrogen and oxygen atoms in total.